The van der Waals surface area contributed by atoms with Gasteiger partial charge in [-0.1, -0.05) is 18.2 Å². The van der Waals surface area contributed by atoms with Crippen molar-refractivity contribution in [3.05, 3.63) is 46.2 Å². The van der Waals surface area contributed by atoms with E-state index in [1.165, 1.54) is 16.9 Å². The van der Waals surface area contributed by atoms with Gasteiger partial charge in [0.1, 0.15) is 4.88 Å². The lowest BCUT2D eigenvalue weighted by atomic mass is 10.1. The number of thiophene rings is 1. The normalized spacial score (nSPS) is 14.8. The van der Waals surface area contributed by atoms with E-state index in [1.807, 2.05) is 28.5 Å². The fourth-order valence-corrected chi connectivity index (χ4v) is 3.28. The van der Waals surface area contributed by atoms with Crippen molar-refractivity contribution in [1.29, 1.82) is 0 Å². The summed E-state index contributed by atoms with van der Waals surface area (Å²) in [5.74, 6) is 0.0295. The lowest BCUT2D eigenvalue weighted by Crippen LogP contribution is -2.31. The van der Waals surface area contributed by atoms with Crippen molar-refractivity contribution in [2.24, 2.45) is 0 Å². The summed E-state index contributed by atoms with van der Waals surface area (Å²) < 4.78 is 0. The second-order valence-corrected chi connectivity index (χ2v) is 5.66. The molecule has 2 N–H and O–H groups in total. The van der Waals surface area contributed by atoms with Gasteiger partial charge in [-0.25, -0.2) is 0 Å². The fraction of sp³-hybridized carbons (Fsp3) is 0.267. The van der Waals surface area contributed by atoms with E-state index < -0.39 is 0 Å². The average molecular weight is 272 g/mol. The van der Waals surface area contributed by atoms with Gasteiger partial charge in [-0.05, 0) is 42.3 Å². The van der Waals surface area contributed by atoms with Crippen molar-refractivity contribution in [3.8, 4) is 0 Å². The van der Waals surface area contributed by atoms with Gasteiger partial charge in [0.2, 0.25) is 0 Å². The minimum absolute atomic E-state index is 0.0295. The van der Waals surface area contributed by atoms with Crippen LogP contribution in [-0.4, -0.2) is 12.5 Å². The number of aryl methyl sites for hydroxylation is 1. The number of hydrogen-bond donors (Lipinski definition) is 1. The standard InChI is InChI=1S/C15H16N2OS/c16-12-8-10-19-14(12)15(18)17-9-4-3-6-11-5-1-2-7-13(11)17/h1-2,5,7-8,10H,3-4,6,9,16H2. The molecule has 0 spiro atoms. The predicted octanol–water partition coefficient (Wildman–Crippen LogP) is 3.31. The predicted molar refractivity (Wildman–Crippen MR) is 79.8 cm³/mol. The molecular weight excluding hydrogens is 256 g/mol. The number of carbonyl (C=O) groups excluding carboxylic acids is 1. The van der Waals surface area contributed by atoms with Crippen LogP contribution in [0.1, 0.15) is 28.1 Å². The molecule has 3 rings (SSSR count). The van der Waals surface area contributed by atoms with Crippen LogP contribution in [0.3, 0.4) is 0 Å². The Kier molecular flexibility index (Phi) is 3.25. The lowest BCUT2D eigenvalue weighted by molar-refractivity contribution is 0.0991. The maximum absolute atomic E-state index is 12.7. The summed E-state index contributed by atoms with van der Waals surface area (Å²) in [7, 11) is 0. The maximum atomic E-state index is 12.7. The zero-order valence-electron chi connectivity index (χ0n) is 10.6. The van der Waals surface area contributed by atoms with Crippen LogP contribution in [0.5, 0.6) is 0 Å². The van der Waals surface area contributed by atoms with Crippen molar-refractivity contribution in [2.45, 2.75) is 19.3 Å². The van der Waals surface area contributed by atoms with E-state index in [4.69, 9.17) is 5.73 Å². The molecule has 4 heteroatoms. The summed E-state index contributed by atoms with van der Waals surface area (Å²) >= 11 is 1.42. The zero-order valence-corrected chi connectivity index (χ0v) is 11.5. The highest BCUT2D eigenvalue weighted by atomic mass is 32.1. The van der Waals surface area contributed by atoms with Crippen LogP contribution in [0, 0.1) is 0 Å². The Bertz CT molecular complexity index is 606. The van der Waals surface area contributed by atoms with Crippen molar-refractivity contribution in [3.63, 3.8) is 0 Å². The summed E-state index contributed by atoms with van der Waals surface area (Å²) in [5, 5.41) is 1.87. The number of rotatable bonds is 1. The van der Waals surface area contributed by atoms with E-state index in [0.29, 0.717) is 10.6 Å². The van der Waals surface area contributed by atoms with Crippen molar-refractivity contribution in [2.75, 3.05) is 17.2 Å². The van der Waals surface area contributed by atoms with E-state index in [2.05, 4.69) is 6.07 Å². The van der Waals surface area contributed by atoms with Crippen LogP contribution in [-0.2, 0) is 6.42 Å². The van der Waals surface area contributed by atoms with Crippen LogP contribution in [0.4, 0.5) is 11.4 Å². The van der Waals surface area contributed by atoms with Crippen LogP contribution in [0.25, 0.3) is 0 Å². The molecule has 1 aliphatic rings. The SMILES string of the molecule is Nc1ccsc1C(=O)N1CCCCc2ccccc21. The van der Waals surface area contributed by atoms with Gasteiger partial charge in [0.25, 0.3) is 5.91 Å². The highest BCUT2D eigenvalue weighted by molar-refractivity contribution is 7.12. The van der Waals surface area contributed by atoms with E-state index in [9.17, 15) is 4.79 Å². The number of carbonyl (C=O) groups is 1. The highest BCUT2D eigenvalue weighted by Gasteiger charge is 2.24. The minimum atomic E-state index is 0.0295. The van der Waals surface area contributed by atoms with E-state index in [-0.39, 0.29) is 5.91 Å². The third-order valence-electron chi connectivity index (χ3n) is 3.50. The maximum Gasteiger partial charge on any atom is 0.270 e. The number of nitrogens with zero attached hydrogens (tertiary/aromatic N) is 1. The highest BCUT2D eigenvalue weighted by Crippen LogP contribution is 2.30. The first-order chi connectivity index (χ1) is 9.27. The molecule has 0 atom stereocenters. The second-order valence-electron chi connectivity index (χ2n) is 4.75. The van der Waals surface area contributed by atoms with Crippen LogP contribution < -0.4 is 10.6 Å². The second kappa shape index (κ2) is 5.05. The van der Waals surface area contributed by atoms with E-state index in [1.54, 1.807) is 6.07 Å². The lowest BCUT2D eigenvalue weighted by Gasteiger charge is -2.22. The molecular formula is C15H16N2OS. The van der Waals surface area contributed by atoms with Gasteiger partial charge in [0.05, 0.1) is 5.69 Å². The van der Waals surface area contributed by atoms with Gasteiger partial charge >= 0.3 is 0 Å². The molecule has 2 heterocycles. The Labute approximate surface area is 116 Å². The third-order valence-corrected chi connectivity index (χ3v) is 4.41. The zero-order chi connectivity index (χ0) is 13.2. The Morgan fingerprint density at radius 2 is 2.05 bits per heavy atom. The Morgan fingerprint density at radius 1 is 1.21 bits per heavy atom. The molecule has 1 aromatic carbocycles. The van der Waals surface area contributed by atoms with Crippen molar-refractivity contribution >= 4 is 28.6 Å². The number of nitrogen functional groups attached to an aromatic ring is 1. The number of anilines is 2. The first-order valence-electron chi connectivity index (χ1n) is 6.50. The molecule has 2 aromatic rings. The number of amides is 1. The molecule has 98 valence electrons. The molecule has 19 heavy (non-hydrogen) atoms. The first kappa shape index (κ1) is 12.2. The molecule has 0 saturated heterocycles. The van der Waals surface area contributed by atoms with Gasteiger partial charge < -0.3 is 10.6 Å². The number of fused-ring (bicyclic) bond motifs is 1. The van der Waals surface area contributed by atoms with Gasteiger partial charge in [-0.15, -0.1) is 11.3 Å². The van der Waals surface area contributed by atoms with Gasteiger partial charge in [-0.2, -0.15) is 0 Å². The molecule has 1 aliphatic heterocycles. The summed E-state index contributed by atoms with van der Waals surface area (Å²) in [5.41, 5.74) is 8.74. The molecule has 0 aliphatic carbocycles. The monoisotopic (exact) mass is 272 g/mol. The third kappa shape index (κ3) is 2.24. The van der Waals surface area contributed by atoms with Gasteiger partial charge in [0.15, 0.2) is 0 Å². The van der Waals surface area contributed by atoms with Crippen molar-refractivity contribution < 1.29 is 4.79 Å². The quantitative estimate of drug-likeness (QED) is 0.865. The minimum Gasteiger partial charge on any atom is -0.397 e. The number of para-hydroxylation sites is 1. The van der Waals surface area contributed by atoms with Gasteiger partial charge in [0, 0.05) is 12.2 Å². The van der Waals surface area contributed by atoms with Crippen LogP contribution in [0.2, 0.25) is 0 Å². The molecule has 1 aromatic heterocycles. The topological polar surface area (TPSA) is 46.3 Å². The molecule has 3 nitrogen and oxygen atoms in total. The fourth-order valence-electron chi connectivity index (χ4n) is 2.52. The van der Waals surface area contributed by atoms with Crippen LogP contribution >= 0.6 is 11.3 Å². The van der Waals surface area contributed by atoms with Crippen molar-refractivity contribution in [1.82, 2.24) is 0 Å². The summed E-state index contributed by atoms with van der Waals surface area (Å²) in [6.07, 6.45) is 3.20. The smallest absolute Gasteiger partial charge is 0.270 e. The summed E-state index contributed by atoms with van der Waals surface area (Å²) in [4.78, 5) is 15.2. The average Bonchev–Trinajstić information content (AvgIpc) is 2.74. The molecule has 0 unspecified atom stereocenters. The Balaban J connectivity index is 2.01. The number of hydrogen-bond acceptors (Lipinski definition) is 3. The number of nitrogens with two attached hydrogens (primary N) is 1. The number of benzene rings is 1. The molecule has 0 saturated carbocycles. The van der Waals surface area contributed by atoms with E-state index in [0.717, 1.165) is 31.5 Å². The molecule has 0 radical (unpaired) electrons. The summed E-state index contributed by atoms with van der Waals surface area (Å²) in [6.45, 7) is 0.771. The van der Waals surface area contributed by atoms with E-state index >= 15 is 0 Å². The largest absolute Gasteiger partial charge is 0.397 e. The van der Waals surface area contributed by atoms with Crippen LogP contribution in [0.15, 0.2) is 35.7 Å². The van der Waals surface area contributed by atoms with Gasteiger partial charge in [-0.3, -0.25) is 4.79 Å². The Hall–Kier alpha value is -1.81. The Morgan fingerprint density at radius 3 is 2.84 bits per heavy atom. The molecule has 1 amide bonds. The molecule has 0 bridgehead atoms. The summed E-state index contributed by atoms with van der Waals surface area (Å²) in [6, 6.07) is 9.96. The molecule has 0 fully saturated rings. The first-order valence-corrected chi connectivity index (χ1v) is 7.38.